The van der Waals surface area contributed by atoms with Crippen molar-refractivity contribution in [2.45, 2.75) is 90.6 Å². The average molecular weight is 512 g/mol. The lowest BCUT2D eigenvalue weighted by Crippen LogP contribution is -2.49. The third-order valence-corrected chi connectivity index (χ3v) is 8.08. The zero-order valence-corrected chi connectivity index (χ0v) is 23.1. The molecule has 0 atom stereocenters. The van der Waals surface area contributed by atoms with Crippen molar-refractivity contribution in [2.24, 2.45) is 0 Å². The van der Waals surface area contributed by atoms with Crippen LogP contribution in [0.4, 0.5) is 8.68 Å². The number of hydrogen-bond acceptors (Lipinski definition) is 7. The molecule has 0 radical (unpaired) electrons. The van der Waals surface area contributed by atoms with Crippen LogP contribution in [-0.2, 0) is 30.8 Å². The number of benzene rings is 1. The molecule has 0 unspecified atom stereocenters. The molecule has 0 N–H and O–H groups in total. The molecule has 2 aliphatic rings. The van der Waals surface area contributed by atoms with Crippen LogP contribution >= 0.6 is 0 Å². The molecular formula is C24H38BFN2O6S. The number of piperazine rings is 1. The fourth-order valence-corrected chi connectivity index (χ4v) is 5.11. The average Bonchev–Trinajstić information content (AvgIpc) is 2.89. The Hall–Kier alpha value is -1.69. The maximum absolute atomic E-state index is 14.3. The van der Waals surface area contributed by atoms with Crippen LogP contribution in [0, 0.1) is 13.8 Å². The minimum Gasteiger partial charge on any atom is -0.444 e. The largest absolute Gasteiger partial charge is 0.495 e. The van der Waals surface area contributed by atoms with Crippen LogP contribution in [0.1, 0.15) is 65.2 Å². The number of amides is 1. The summed E-state index contributed by atoms with van der Waals surface area (Å²) in [6.45, 7) is 19.2. The zero-order chi connectivity index (χ0) is 26.6. The standard InChI is InChI=1S/C24H38BFN2O6S/c1-16-18(15-27-10-12-28(13-11-27)21(29)32-22(3,4)5)14-19(35(26,30)31)17(2)20(16)25-33-23(6,7)24(8,9)34-25/h14H,10-13,15H2,1-9H3. The molecule has 35 heavy (non-hydrogen) atoms. The summed E-state index contributed by atoms with van der Waals surface area (Å²) in [5.74, 6) is 0. The van der Waals surface area contributed by atoms with E-state index in [2.05, 4.69) is 4.90 Å². The first-order valence-corrected chi connectivity index (χ1v) is 13.3. The Labute approximate surface area is 209 Å². The minimum atomic E-state index is -4.96. The monoisotopic (exact) mass is 512 g/mol. The van der Waals surface area contributed by atoms with E-state index >= 15 is 0 Å². The van der Waals surface area contributed by atoms with Crippen molar-refractivity contribution in [3.63, 3.8) is 0 Å². The fourth-order valence-electron chi connectivity index (χ4n) is 4.35. The quantitative estimate of drug-likeness (QED) is 0.452. The van der Waals surface area contributed by atoms with E-state index in [1.165, 1.54) is 6.07 Å². The van der Waals surface area contributed by atoms with E-state index < -0.39 is 34.1 Å². The van der Waals surface area contributed by atoms with E-state index in [0.29, 0.717) is 49.3 Å². The van der Waals surface area contributed by atoms with Gasteiger partial charge in [0.1, 0.15) is 10.5 Å². The van der Waals surface area contributed by atoms with Gasteiger partial charge in [0.25, 0.3) is 0 Å². The van der Waals surface area contributed by atoms with Gasteiger partial charge in [-0.3, -0.25) is 4.90 Å². The van der Waals surface area contributed by atoms with Crippen LogP contribution in [0.5, 0.6) is 0 Å². The second-order valence-electron chi connectivity index (χ2n) is 11.5. The van der Waals surface area contributed by atoms with Gasteiger partial charge >= 0.3 is 23.4 Å². The molecule has 1 amide bonds. The van der Waals surface area contributed by atoms with Crippen molar-refractivity contribution in [3.8, 4) is 0 Å². The van der Waals surface area contributed by atoms with Crippen molar-refractivity contribution < 1.29 is 31.1 Å². The van der Waals surface area contributed by atoms with Gasteiger partial charge in [0.15, 0.2) is 0 Å². The van der Waals surface area contributed by atoms with Crippen LogP contribution in [0.25, 0.3) is 0 Å². The van der Waals surface area contributed by atoms with E-state index in [1.807, 2.05) is 55.4 Å². The second-order valence-corrected chi connectivity index (χ2v) is 12.8. The van der Waals surface area contributed by atoms with Gasteiger partial charge < -0.3 is 18.9 Å². The molecule has 0 aliphatic carbocycles. The van der Waals surface area contributed by atoms with Gasteiger partial charge in [0.05, 0.1) is 11.2 Å². The molecule has 3 rings (SSSR count). The highest BCUT2D eigenvalue weighted by Gasteiger charge is 2.53. The summed E-state index contributed by atoms with van der Waals surface area (Å²) in [6.07, 6.45) is -0.350. The molecule has 196 valence electrons. The van der Waals surface area contributed by atoms with E-state index in [9.17, 15) is 17.1 Å². The van der Waals surface area contributed by atoms with Crippen LogP contribution in [0.3, 0.4) is 0 Å². The van der Waals surface area contributed by atoms with E-state index in [-0.39, 0.29) is 11.0 Å². The number of halogens is 1. The Bertz CT molecular complexity index is 1080. The van der Waals surface area contributed by atoms with Gasteiger partial charge in [0.2, 0.25) is 0 Å². The van der Waals surface area contributed by atoms with Crippen molar-refractivity contribution in [3.05, 3.63) is 22.8 Å². The lowest BCUT2D eigenvalue weighted by atomic mass is 9.72. The Morgan fingerprint density at radius 2 is 1.57 bits per heavy atom. The summed E-state index contributed by atoms with van der Waals surface area (Å²) in [7, 11) is -5.77. The number of rotatable bonds is 4. The summed E-state index contributed by atoms with van der Waals surface area (Å²) in [4.78, 5) is 15.8. The van der Waals surface area contributed by atoms with Gasteiger partial charge in [-0.25, -0.2) is 4.79 Å². The lowest BCUT2D eigenvalue weighted by Gasteiger charge is -2.36. The highest BCUT2D eigenvalue weighted by atomic mass is 32.3. The summed E-state index contributed by atoms with van der Waals surface area (Å²) >= 11 is 0. The van der Waals surface area contributed by atoms with Crippen molar-refractivity contribution >= 4 is 28.9 Å². The Balaban J connectivity index is 1.87. The van der Waals surface area contributed by atoms with E-state index in [1.54, 1.807) is 11.8 Å². The van der Waals surface area contributed by atoms with Gasteiger partial charge in [-0.2, -0.15) is 8.42 Å². The van der Waals surface area contributed by atoms with Crippen LogP contribution in [0.15, 0.2) is 11.0 Å². The normalized spacial score (nSPS) is 20.9. The Morgan fingerprint density at radius 3 is 2.03 bits per heavy atom. The molecule has 0 bridgehead atoms. The third kappa shape index (κ3) is 6.01. The van der Waals surface area contributed by atoms with Crippen LogP contribution < -0.4 is 5.46 Å². The van der Waals surface area contributed by atoms with E-state index in [4.69, 9.17) is 14.0 Å². The predicted octanol–water partition coefficient (Wildman–Crippen LogP) is 3.31. The first-order valence-electron chi connectivity index (χ1n) is 12.0. The predicted molar refractivity (Wildman–Crippen MR) is 133 cm³/mol. The number of nitrogens with zero attached hydrogens (tertiary/aromatic N) is 2. The Morgan fingerprint density at radius 1 is 1.06 bits per heavy atom. The molecule has 0 spiro atoms. The summed E-state index contributed by atoms with van der Waals surface area (Å²) in [6, 6.07) is 1.41. The number of ether oxygens (including phenoxy) is 1. The smallest absolute Gasteiger partial charge is 0.444 e. The highest BCUT2D eigenvalue weighted by molar-refractivity contribution is 7.86. The van der Waals surface area contributed by atoms with Gasteiger partial charge in [-0.1, -0.05) is 0 Å². The molecule has 1 aromatic carbocycles. The first-order chi connectivity index (χ1) is 15.8. The third-order valence-electron chi connectivity index (χ3n) is 7.13. The fraction of sp³-hybridized carbons (Fsp3) is 0.708. The highest BCUT2D eigenvalue weighted by Crippen LogP contribution is 2.37. The molecule has 2 heterocycles. The summed E-state index contributed by atoms with van der Waals surface area (Å²) in [5, 5.41) is 0. The van der Waals surface area contributed by atoms with Gasteiger partial charge in [-0.15, -0.1) is 3.89 Å². The molecule has 11 heteroatoms. The van der Waals surface area contributed by atoms with Crippen molar-refractivity contribution in [1.82, 2.24) is 9.80 Å². The zero-order valence-electron chi connectivity index (χ0n) is 22.3. The SMILES string of the molecule is Cc1c(CN2CCN(C(=O)OC(C)(C)C)CC2)cc(S(=O)(=O)F)c(C)c1B1OC(C)(C)C(C)(C)O1. The Kier molecular flexibility index (Phi) is 7.43. The minimum absolute atomic E-state index is 0.294. The van der Waals surface area contributed by atoms with Gasteiger partial charge in [-0.05, 0) is 90.5 Å². The van der Waals surface area contributed by atoms with Crippen LogP contribution in [-0.4, -0.2) is 74.4 Å². The number of carbonyl (C=O) groups is 1. The molecule has 0 saturated carbocycles. The summed E-state index contributed by atoms with van der Waals surface area (Å²) in [5.41, 5.74) is 0.515. The van der Waals surface area contributed by atoms with Crippen molar-refractivity contribution in [1.29, 1.82) is 0 Å². The molecule has 2 fully saturated rings. The second kappa shape index (κ2) is 9.32. The molecule has 2 saturated heterocycles. The number of hydrogen-bond donors (Lipinski definition) is 0. The number of carbonyl (C=O) groups excluding carboxylic acids is 1. The molecular weight excluding hydrogens is 474 g/mol. The molecule has 8 nitrogen and oxygen atoms in total. The van der Waals surface area contributed by atoms with Gasteiger partial charge in [0, 0.05) is 32.7 Å². The van der Waals surface area contributed by atoms with Crippen LogP contribution in [0.2, 0.25) is 0 Å². The summed E-state index contributed by atoms with van der Waals surface area (Å²) < 4.78 is 56.3. The lowest BCUT2D eigenvalue weighted by molar-refractivity contribution is 0.00578. The molecule has 0 aromatic heterocycles. The maximum Gasteiger partial charge on any atom is 0.495 e. The van der Waals surface area contributed by atoms with Crippen molar-refractivity contribution in [2.75, 3.05) is 26.2 Å². The molecule has 2 aliphatic heterocycles. The first kappa shape index (κ1) is 27.9. The maximum atomic E-state index is 14.3. The topological polar surface area (TPSA) is 85.4 Å². The molecule has 1 aromatic rings. The van der Waals surface area contributed by atoms with E-state index in [0.717, 1.165) is 5.56 Å².